The standard InChI is InChI=1S/C14H18N6OS2/c1-7-4-5-8(22-7)6-19-11(16-17-18-19)10-14(2,3)23-13-9(15)12(21)20(10)13/h4-5,9-10,13H,6,15H2,1-3H3. The van der Waals surface area contributed by atoms with Crippen molar-refractivity contribution in [3.8, 4) is 0 Å². The van der Waals surface area contributed by atoms with Gasteiger partial charge in [0, 0.05) is 14.5 Å². The number of nitrogens with two attached hydrogens (primary N) is 1. The van der Waals surface area contributed by atoms with Gasteiger partial charge in [0.1, 0.15) is 17.5 Å². The Labute approximate surface area is 142 Å². The molecule has 0 bridgehead atoms. The Hall–Kier alpha value is -1.45. The van der Waals surface area contributed by atoms with Crippen LogP contribution in [-0.4, -0.2) is 47.2 Å². The molecule has 3 atom stereocenters. The Morgan fingerprint density at radius 1 is 1.39 bits per heavy atom. The third-order valence-electron chi connectivity index (χ3n) is 4.39. The fourth-order valence-electron chi connectivity index (χ4n) is 3.30. The molecule has 2 aliphatic rings. The van der Waals surface area contributed by atoms with Gasteiger partial charge in [0.2, 0.25) is 5.91 Å². The summed E-state index contributed by atoms with van der Waals surface area (Å²) < 4.78 is 1.63. The van der Waals surface area contributed by atoms with Gasteiger partial charge in [-0.15, -0.1) is 28.2 Å². The highest BCUT2D eigenvalue weighted by Crippen LogP contribution is 2.56. The SMILES string of the molecule is Cc1ccc(Cn2nnnc2C2N3C(=O)C(N)C3SC2(C)C)s1. The van der Waals surface area contributed by atoms with Crippen molar-refractivity contribution in [2.24, 2.45) is 5.73 Å². The average Bonchev–Trinajstić information content (AvgIpc) is 3.16. The Morgan fingerprint density at radius 3 is 2.87 bits per heavy atom. The molecule has 2 N–H and O–H groups in total. The van der Waals surface area contributed by atoms with E-state index in [2.05, 4.69) is 48.4 Å². The lowest BCUT2D eigenvalue weighted by atomic mass is 9.95. The van der Waals surface area contributed by atoms with Crippen LogP contribution in [-0.2, 0) is 11.3 Å². The number of nitrogens with zero attached hydrogens (tertiary/aromatic N) is 5. The predicted octanol–water partition coefficient (Wildman–Crippen LogP) is 1.15. The van der Waals surface area contributed by atoms with Crippen molar-refractivity contribution >= 4 is 29.0 Å². The van der Waals surface area contributed by atoms with Gasteiger partial charge in [-0.3, -0.25) is 4.79 Å². The predicted molar refractivity (Wildman–Crippen MR) is 89.0 cm³/mol. The zero-order chi connectivity index (χ0) is 16.4. The van der Waals surface area contributed by atoms with Crippen LogP contribution in [0.25, 0.3) is 0 Å². The number of hydrogen-bond donors (Lipinski definition) is 1. The maximum atomic E-state index is 12.2. The summed E-state index contributed by atoms with van der Waals surface area (Å²) in [6.07, 6.45) is 0. The second-order valence-electron chi connectivity index (χ2n) is 6.49. The fourth-order valence-corrected chi connectivity index (χ4v) is 5.74. The van der Waals surface area contributed by atoms with Gasteiger partial charge < -0.3 is 10.6 Å². The molecule has 0 saturated carbocycles. The number of β-lactam (4-membered cyclic amide) rings is 1. The van der Waals surface area contributed by atoms with E-state index < -0.39 is 6.04 Å². The fraction of sp³-hybridized carbons (Fsp3) is 0.571. The molecule has 0 aromatic carbocycles. The van der Waals surface area contributed by atoms with Crippen LogP contribution in [0.2, 0.25) is 0 Å². The number of carbonyl (C=O) groups is 1. The zero-order valence-corrected chi connectivity index (χ0v) is 14.8. The van der Waals surface area contributed by atoms with E-state index in [0.29, 0.717) is 6.54 Å². The minimum absolute atomic E-state index is 0.0143. The largest absolute Gasteiger partial charge is 0.317 e. The third kappa shape index (κ3) is 2.21. The molecule has 3 unspecified atom stereocenters. The first-order valence-corrected chi connectivity index (χ1v) is 9.15. The smallest absolute Gasteiger partial charge is 0.244 e. The van der Waals surface area contributed by atoms with Crippen LogP contribution in [0.1, 0.15) is 35.5 Å². The van der Waals surface area contributed by atoms with Crippen molar-refractivity contribution in [2.45, 2.75) is 49.5 Å². The van der Waals surface area contributed by atoms with Crippen molar-refractivity contribution in [3.05, 3.63) is 27.7 Å². The van der Waals surface area contributed by atoms with Crippen LogP contribution in [0.4, 0.5) is 0 Å². The monoisotopic (exact) mass is 350 g/mol. The maximum absolute atomic E-state index is 12.2. The molecule has 2 saturated heterocycles. The summed E-state index contributed by atoms with van der Waals surface area (Å²) in [6, 6.07) is 3.62. The molecule has 0 aliphatic carbocycles. The lowest BCUT2D eigenvalue weighted by molar-refractivity contribution is -0.147. The highest BCUT2D eigenvalue weighted by Gasteiger charge is 2.61. The summed E-state index contributed by atoms with van der Waals surface area (Å²) >= 11 is 3.46. The summed E-state index contributed by atoms with van der Waals surface area (Å²) in [4.78, 5) is 16.5. The van der Waals surface area contributed by atoms with Crippen molar-refractivity contribution < 1.29 is 4.79 Å². The second kappa shape index (κ2) is 5.02. The molecular formula is C14H18N6OS2. The van der Waals surface area contributed by atoms with Gasteiger partial charge >= 0.3 is 0 Å². The second-order valence-corrected chi connectivity index (χ2v) is 9.64. The number of aromatic nitrogens is 4. The molecule has 9 heteroatoms. The molecule has 23 heavy (non-hydrogen) atoms. The Balaban J connectivity index is 1.68. The van der Waals surface area contributed by atoms with E-state index in [1.807, 2.05) is 4.90 Å². The molecule has 2 fully saturated rings. The highest BCUT2D eigenvalue weighted by atomic mass is 32.2. The molecule has 2 aromatic heterocycles. The number of rotatable bonds is 3. The molecule has 2 aliphatic heterocycles. The normalized spacial score (nSPS) is 28.8. The van der Waals surface area contributed by atoms with Crippen molar-refractivity contribution in [1.82, 2.24) is 25.1 Å². The minimum atomic E-state index is -0.409. The molecule has 1 amide bonds. The molecule has 7 nitrogen and oxygen atoms in total. The molecule has 0 spiro atoms. The van der Waals surface area contributed by atoms with E-state index in [4.69, 9.17) is 5.73 Å². The van der Waals surface area contributed by atoms with Gasteiger partial charge in [0.25, 0.3) is 0 Å². The molecule has 4 rings (SSSR count). The molecule has 0 radical (unpaired) electrons. The Bertz CT molecular complexity index is 769. The van der Waals surface area contributed by atoms with Gasteiger partial charge in [0.15, 0.2) is 5.82 Å². The van der Waals surface area contributed by atoms with Crippen LogP contribution in [0.15, 0.2) is 12.1 Å². The van der Waals surface area contributed by atoms with Crippen LogP contribution in [0.3, 0.4) is 0 Å². The first-order valence-electron chi connectivity index (χ1n) is 7.45. The number of carbonyl (C=O) groups excluding carboxylic acids is 1. The number of fused-ring (bicyclic) bond motifs is 1. The summed E-state index contributed by atoms with van der Waals surface area (Å²) in [5.74, 6) is 0.718. The maximum Gasteiger partial charge on any atom is 0.244 e. The Kier molecular flexibility index (Phi) is 3.30. The van der Waals surface area contributed by atoms with Crippen molar-refractivity contribution in [3.63, 3.8) is 0 Å². The van der Waals surface area contributed by atoms with E-state index in [-0.39, 0.29) is 22.1 Å². The van der Waals surface area contributed by atoms with Gasteiger partial charge in [-0.05, 0) is 43.3 Å². The highest BCUT2D eigenvalue weighted by molar-refractivity contribution is 8.01. The van der Waals surface area contributed by atoms with E-state index in [1.54, 1.807) is 27.8 Å². The lowest BCUT2D eigenvalue weighted by Gasteiger charge is -2.42. The van der Waals surface area contributed by atoms with Gasteiger partial charge in [-0.1, -0.05) is 0 Å². The summed E-state index contributed by atoms with van der Waals surface area (Å²) in [7, 11) is 0. The lowest BCUT2D eigenvalue weighted by Crippen LogP contribution is -2.65. The van der Waals surface area contributed by atoms with Crippen LogP contribution < -0.4 is 5.73 Å². The average molecular weight is 350 g/mol. The number of hydrogen-bond acceptors (Lipinski definition) is 7. The zero-order valence-electron chi connectivity index (χ0n) is 13.1. The van der Waals surface area contributed by atoms with E-state index in [9.17, 15) is 4.79 Å². The molecule has 2 aromatic rings. The number of thiophene rings is 1. The minimum Gasteiger partial charge on any atom is -0.317 e. The first kappa shape index (κ1) is 15.1. The number of tetrazole rings is 1. The molecular weight excluding hydrogens is 332 g/mol. The van der Waals surface area contributed by atoms with E-state index >= 15 is 0 Å². The first-order chi connectivity index (χ1) is 10.9. The third-order valence-corrected chi connectivity index (χ3v) is 6.97. The van der Waals surface area contributed by atoms with Crippen LogP contribution in [0, 0.1) is 6.92 Å². The molecule has 122 valence electrons. The summed E-state index contributed by atoms with van der Waals surface area (Å²) in [6.45, 7) is 6.94. The number of aryl methyl sites for hydroxylation is 1. The number of amides is 1. The van der Waals surface area contributed by atoms with Crippen molar-refractivity contribution in [2.75, 3.05) is 0 Å². The Morgan fingerprint density at radius 2 is 2.17 bits per heavy atom. The topological polar surface area (TPSA) is 89.9 Å². The van der Waals surface area contributed by atoms with Crippen molar-refractivity contribution in [1.29, 1.82) is 0 Å². The summed E-state index contributed by atoms with van der Waals surface area (Å²) in [5.41, 5.74) is 5.94. The number of thioether (sulfide) groups is 1. The van der Waals surface area contributed by atoms with Gasteiger partial charge in [-0.2, -0.15) is 0 Å². The quantitative estimate of drug-likeness (QED) is 0.835. The van der Waals surface area contributed by atoms with E-state index in [0.717, 1.165) is 5.82 Å². The summed E-state index contributed by atoms with van der Waals surface area (Å²) in [5, 5.41) is 12.3. The van der Waals surface area contributed by atoms with Gasteiger partial charge in [-0.25, -0.2) is 4.68 Å². The van der Waals surface area contributed by atoms with Crippen LogP contribution >= 0.6 is 23.1 Å². The van der Waals surface area contributed by atoms with Gasteiger partial charge in [0.05, 0.1) is 6.54 Å². The van der Waals surface area contributed by atoms with Crippen LogP contribution in [0.5, 0.6) is 0 Å². The molecule has 4 heterocycles. The van der Waals surface area contributed by atoms with E-state index in [1.165, 1.54) is 9.75 Å².